The van der Waals surface area contributed by atoms with Gasteiger partial charge in [-0.05, 0) is 42.9 Å². The summed E-state index contributed by atoms with van der Waals surface area (Å²) < 4.78 is 0. The van der Waals surface area contributed by atoms with Gasteiger partial charge in [0, 0.05) is 6.42 Å². The summed E-state index contributed by atoms with van der Waals surface area (Å²) >= 11 is 0. The highest BCUT2D eigenvalue weighted by Gasteiger charge is 1.98. The van der Waals surface area contributed by atoms with Gasteiger partial charge in [-0.2, -0.15) is 0 Å². The third kappa shape index (κ3) is 4.36. The van der Waals surface area contributed by atoms with E-state index in [2.05, 4.69) is 48.5 Å². The number of carbonyl (C=O) groups is 1. The minimum Gasteiger partial charge on any atom is -0.300 e. The Balaban J connectivity index is 1.90. The highest BCUT2D eigenvalue weighted by atomic mass is 16.1. The Morgan fingerprint density at radius 1 is 0.842 bits per heavy atom. The minimum atomic E-state index is 0.291. The van der Waals surface area contributed by atoms with E-state index in [1.54, 1.807) is 6.92 Å². The number of unbranched alkanes of at least 4 members (excludes halogenated alkanes) is 1. The SMILES string of the molecule is CC(=O)CCCCc1ccc(-c2ccccc2)cc1. The van der Waals surface area contributed by atoms with E-state index >= 15 is 0 Å². The lowest BCUT2D eigenvalue weighted by Gasteiger charge is -2.04. The molecule has 0 aliphatic carbocycles. The molecule has 0 N–H and O–H groups in total. The molecule has 98 valence electrons. The summed E-state index contributed by atoms with van der Waals surface area (Å²) in [6, 6.07) is 19.1. The molecule has 1 heteroatoms. The largest absolute Gasteiger partial charge is 0.300 e. The van der Waals surface area contributed by atoms with Gasteiger partial charge in [0.15, 0.2) is 0 Å². The topological polar surface area (TPSA) is 17.1 Å². The van der Waals surface area contributed by atoms with E-state index in [1.807, 2.05) is 6.07 Å². The summed E-state index contributed by atoms with van der Waals surface area (Å²) in [7, 11) is 0. The molecular formula is C18H20O. The van der Waals surface area contributed by atoms with Gasteiger partial charge in [0.1, 0.15) is 5.78 Å². The van der Waals surface area contributed by atoms with Crippen LogP contribution in [0.25, 0.3) is 11.1 Å². The van der Waals surface area contributed by atoms with Crippen LogP contribution in [0.15, 0.2) is 54.6 Å². The first-order valence-corrected chi connectivity index (χ1v) is 6.89. The molecule has 0 radical (unpaired) electrons. The van der Waals surface area contributed by atoms with Gasteiger partial charge >= 0.3 is 0 Å². The number of aryl methyl sites for hydroxylation is 1. The van der Waals surface area contributed by atoms with Gasteiger partial charge in [0.2, 0.25) is 0 Å². The molecule has 2 aromatic carbocycles. The maximum atomic E-state index is 10.9. The van der Waals surface area contributed by atoms with E-state index in [9.17, 15) is 4.79 Å². The summed E-state index contributed by atoms with van der Waals surface area (Å²) in [5.41, 5.74) is 3.86. The molecule has 0 spiro atoms. The molecular weight excluding hydrogens is 232 g/mol. The highest BCUT2D eigenvalue weighted by molar-refractivity contribution is 5.75. The van der Waals surface area contributed by atoms with Crippen molar-refractivity contribution in [2.75, 3.05) is 0 Å². The van der Waals surface area contributed by atoms with Crippen molar-refractivity contribution in [1.29, 1.82) is 0 Å². The molecule has 2 rings (SSSR count). The van der Waals surface area contributed by atoms with Crippen LogP contribution >= 0.6 is 0 Å². The molecule has 0 atom stereocenters. The molecule has 0 saturated carbocycles. The fourth-order valence-corrected chi connectivity index (χ4v) is 2.20. The summed E-state index contributed by atoms with van der Waals surface area (Å²) in [6.07, 6.45) is 3.85. The van der Waals surface area contributed by atoms with E-state index in [1.165, 1.54) is 16.7 Å². The normalized spacial score (nSPS) is 10.4. The van der Waals surface area contributed by atoms with E-state index in [-0.39, 0.29) is 0 Å². The standard InChI is InChI=1S/C18H20O/c1-15(19)7-5-6-8-16-11-13-18(14-12-16)17-9-3-2-4-10-17/h2-4,9-14H,5-8H2,1H3. The third-order valence-corrected chi connectivity index (χ3v) is 3.31. The van der Waals surface area contributed by atoms with E-state index in [0.29, 0.717) is 12.2 Å². The van der Waals surface area contributed by atoms with Crippen LogP contribution in [-0.4, -0.2) is 5.78 Å². The Kier molecular flexibility index (Phi) is 4.91. The van der Waals surface area contributed by atoms with Crippen molar-refractivity contribution in [3.8, 4) is 11.1 Å². The van der Waals surface area contributed by atoms with Gasteiger partial charge in [0.05, 0.1) is 0 Å². The maximum absolute atomic E-state index is 10.9. The zero-order chi connectivity index (χ0) is 13.5. The smallest absolute Gasteiger partial charge is 0.129 e. The Hall–Kier alpha value is -1.89. The van der Waals surface area contributed by atoms with Crippen molar-refractivity contribution in [2.24, 2.45) is 0 Å². The lowest BCUT2D eigenvalue weighted by atomic mass is 10.0. The average molecular weight is 252 g/mol. The van der Waals surface area contributed by atoms with Crippen molar-refractivity contribution in [1.82, 2.24) is 0 Å². The first-order valence-electron chi connectivity index (χ1n) is 6.89. The molecule has 0 aromatic heterocycles. The lowest BCUT2D eigenvalue weighted by molar-refractivity contribution is -0.117. The van der Waals surface area contributed by atoms with Crippen molar-refractivity contribution in [2.45, 2.75) is 32.6 Å². The Morgan fingerprint density at radius 2 is 1.47 bits per heavy atom. The van der Waals surface area contributed by atoms with Crippen molar-refractivity contribution >= 4 is 5.78 Å². The lowest BCUT2D eigenvalue weighted by Crippen LogP contribution is -1.91. The summed E-state index contributed by atoms with van der Waals surface area (Å²) in [6.45, 7) is 1.66. The Labute approximate surface area is 115 Å². The fourth-order valence-electron chi connectivity index (χ4n) is 2.20. The average Bonchev–Trinajstić information content (AvgIpc) is 2.45. The summed E-state index contributed by atoms with van der Waals surface area (Å²) in [5.74, 6) is 0.291. The minimum absolute atomic E-state index is 0.291. The predicted octanol–water partition coefficient (Wildman–Crippen LogP) is 4.66. The van der Waals surface area contributed by atoms with E-state index in [4.69, 9.17) is 0 Å². The second-order valence-electron chi connectivity index (χ2n) is 4.97. The molecule has 0 aliphatic rings. The molecule has 0 saturated heterocycles. The quantitative estimate of drug-likeness (QED) is 0.684. The van der Waals surface area contributed by atoms with Crippen LogP contribution in [0.3, 0.4) is 0 Å². The Bertz CT molecular complexity index is 511. The van der Waals surface area contributed by atoms with Crippen LogP contribution in [0.4, 0.5) is 0 Å². The second-order valence-corrected chi connectivity index (χ2v) is 4.97. The van der Waals surface area contributed by atoms with Gasteiger partial charge in [0.25, 0.3) is 0 Å². The first kappa shape index (κ1) is 13.5. The van der Waals surface area contributed by atoms with Crippen LogP contribution in [0.1, 0.15) is 31.7 Å². The first-order chi connectivity index (χ1) is 9.25. The van der Waals surface area contributed by atoms with Crippen LogP contribution in [-0.2, 0) is 11.2 Å². The summed E-state index contributed by atoms with van der Waals surface area (Å²) in [5, 5.41) is 0. The molecule has 0 unspecified atom stereocenters. The molecule has 0 amide bonds. The van der Waals surface area contributed by atoms with Gasteiger partial charge in [-0.3, -0.25) is 0 Å². The molecule has 19 heavy (non-hydrogen) atoms. The Morgan fingerprint density at radius 3 is 2.11 bits per heavy atom. The van der Waals surface area contributed by atoms with Crippen molar-refractivity contribution in [3.63, 3.8) is 0 Å². The van der Waals surface area contributed by atoms with Gasteiger partial charge in [-0.25, -0.2) is 0 Å². The number of rotatable bonds is 6. The molecule has 0 bridgehead atoms. The number of Topliss-reactive ketones (excluding diaryl/α,β-unsaturated/α-hetero) is 1. The maximum Gasteiger partial charge on any atom is 0.129 e. The van der Waals surface area contributed by atoms with Crippen LogP contribution in [0.2, 0.25) is 0 Å². The molecule has 0 aliphatic heterocycles. The molecule has 1 nitrogen and oxygen atoms in total. The van der Waals surface area contributed by atoms with Crippen molar-refractivity contribution < 1.29 is 4.79 Å². The number of hydrogen-bond donors (Lipinski definition) is 0. The van der Waals surface area contributed by atoms with Crippen molar-refractivity contribution in [3.05, 3.63) is 60.2 Å². The highest BCUT2D eigenvalue weighted by Crippen LogP contribution is 2.19. The molecule has 2 aromatic rings. The monoisotopic (exact) mass is 252 g/mol. The van der Waals surface area contributed by atoms with Gasteiger partial charge in [-0.15, -0.1) is 0 Å². The molecule has 0 fully saturated rings. The predicted molar refractivity (Wildman–Crippen MR) is 80.1 cm³/mol. The fraction of sp³-hybridized carbons (Fsp3) is 0.278. The third-order valence-electron chi connectivity index (χ3n) is 3.31. The molecule has 0 heterocycles. The van der Waals surface area contributed by atoms with Crippen LogP contribution in [0.5, 0.6) is 0 Å². The zero-order valence-corrected chi connectivity index (χ0v) is 11.4. The van der Waals surface area contributed by atoms with E-state index < -0.39 is 0 Å². The second kappa shape index (κ2) is 6.89. The van der Waals surface area contributed by atoms with Gasteiger partial charge < -0.3 is 4.79 Å². The summed E-state index contributed by atoms with van der Waals surface area (Å²) in [4.78, 5) is 10.9. The van der Waals surface area contributed by atoms with Crippen LogP contribution in [0, 0.1) is 0 Å². The van der Waals surface area contributed by atoms with E-state index in [0.717, 1.165) is 19.3 Å². The number of benzene rings is 2. The zero-order valence-electron chi connectivity index (χ0n) is 11.4. The number of hydrogen-bond acceptors (Lipinski definition) is 1. The number of ketones is 1. The van der Waals surface area contributed by atoms with Crippen LogP contribution < -0.4 is 0 Å². The van der Waals surface area contributed by atoms with Gasteiger partial charge in [-0.1, -0.05) is 54.6 Å². The number of carbonyl (C=O) groups excluding carboxylic acids is 1.